The van der Waals surface area contributed by atoms with Gasteiger partial charge in [0, 0.05) is 23.8 Å². The number of nitrogens with zero attached hydrogens (tertiary/aromatic N) is 1. The van der Waals surface area contributed by atoms with Gasteiger partial charge in [-0.2, -0.15) is 0 Å². The van der Waals surface area contributed by atoms with Crippen molar-refractivity contribution in [3.63, 3.8) is 0 Å². The summed E-state index contributed by atoms with van der Waals surface area (Å²) in [5.41, 5.74) is 0.829. The SMILES string of the molecule is CC[C@]1(O)CC(C)C[C@H]([C@H](C)Nc2c(C(=O)O)cnc3[nH]ccc23)C1. The second-order valence-electron chi connectivity index (χ2n) is 7.61. The molecule has 4 N–H and O–H groups in total. The maximum absolute atomic E-state index is 11.6. The topological polar surface area (TPSA) is 98.2 Å². The lowest BCUT2D eigenvalue weighted by Gasteiger charge is -2.42. The van der Waals surface area contributed by atoms with Crippen molar-refractivity contribution < 1.29 is 15.0 Å². The maximum atomic E-state index is 11.6. The summed E-state index contributed by atoms with van der Waals surface area (Å²) in [5, 5.41) is 24.5. The number of aromatic amines is 1. The normalized spacial score (nSPS) is 28.0. The lowest BCUT2D eigenvalue weighted by atomic mass is 9.70. The van der Waals surface area contributed by atoms with E-state index in [1.165, 1.54) is 6.20 Å². The van der Waals surface area contributed by atoms with E-state index >= 15 is 0 Å². The molecule has 0 spiro atoms. The largest absolute Gasteiger partial charge is 0.478 e. The summed E-state index contributed by atoms with van der Waals surface area (Å²) in [5.74, 6) is -0.249. The van der Waals surface area contributed by atoms with Crippen molar-refractivity contribution in [3.05, 3.63) is 24.0 Å². The van der Waals surface area contributed by atoms with E-state index in [1.807, 2.05) is 13.0 Å². The number of hydrogen-bond acceptors (Lipinski definition) is 4. The zero-order valence-electron chi connectivity index (χ0n) is 15.0. The van der Waals surface area contributed by atoms with E-state index in [9.17, 15) is 15.0 Å². The van der Waals surface area contributed by atoms with E-state index < -0.39 is 11.6 Å². The molecular weight excluding hydrogens is 318 g/mol. The van der Waals surface area contributed by atoms with Crippen LogP contribution >= 0.6 is 0 Å². The molecule has 2 aromatic rings. The number of rotatable bonds is 5. The number of aliphatic hydroxyl groups is 1. The van der Waals surface area contributed by atoms with E-state index in [4.69, 9.17) is 0 Å². The number of aromatic carboxylic acids is 1. The Kier molecular flexibility index (Phi) is 4.73. The van der Waals surface area contributed by atoms with Crippen LogP contribution in [0.15, 0.2) is 18.5 Å². The van der Waals surface area contributed by atoms with E-state index in [-0.39, 0.29) is 17.5 Å². The minimum absolute atomic E-state index is 0.0550. The second kappa shape index (κ2) is 6.67. The van der Waals surface area contributed by atoms with Crippen molar-refractivity contribution in [1.82, 2.24) is 9.97 Å². The number of carbonyl (C=O) groups is 1. The average Bonchev–Trinajstić information content (AvgIpc) is 3.03. The third-order valence-electron chi connectivity index (χ3n) is 5.63. The maximum Gasteiger partial charge on any atom is 0.339 e. The van der Waals surface area contributed by atoms with Crippen molar-refractivity contribution in [3.8, 4) is 0 Å². The molecule has 0 aromatic carbocycles. The molecule has 1 fully saturated rings. The van der Waals surface area contributed by atoms with Gasteiger partial charge in [0.05, 0.1) is 11.3 Å². The summed E-state index contributed by atoms with van der Waals surface area (Å²) in [7, 11) is 0. The molecule has 0 radical (unpaired) electrons. The minimum atomic E-state index is -0.993. The van der Waals surface area contributed by atoms with Gasteiger partial charge in [-0.05, 0) is 50.5 Å². The van der Waals surface area contributed by atoms with Gasteiger partial charge in [0.2, 0.25) is 0 Å². The number of hydrogen-bond donors (Lipinski definition) is 4. The van der Waals surface area contributed by atoms with Gasteiger partial charge in [-0.3, -0.25) is 0 Å². The Morgan fingerprint density at radius 1 is 1.52 bits per heavy atom. The highest BCUT2D eigenvalue weighted by Gasteiger charge is 2.38. The molecule has 136 valence electrons. The smallest absolute Gasteiger partial charge is 0.339 e. The van der Waals surface area contributed by atoms with Crippen LogP contribution in [-0.2, 0) is 0 Å². The molecule has 2 aromatic heterocycles. The van der Waals surface area contributed by atoms with Gasteiger partial charge in [0.25, 0.3) is 0 Å². The van der Waals surface area contributed by atoms with Gasteiger partial charge in [0.1, 0.15) is 11.2 Å². The number of carboxylic acid groups (broad SMARTS) is 1. The van der Waals surface area contributed by atoms with Gasteiger partial charge in [-0.15, -0.1) is 0 Å². The van der Waals surface area contributed by atoms with Crippen LogP contribution in [0.3, 0.4) is 0 Å². The lowest BCUT2D eigenvalue weighted by molar-refractivity contribution is -0.0394. The van der Waals surface area contributed by atoms with Gasteiger partial charge in [0.15, 0.2) is 0 Å². The van der Waals surface area contributed by atoms with Gasteiger partial charge < -0.3 is 20.5 Å². The van der Waals surface area contributed by atoms with E-state index in [1.54, 1.807) is 6.20 Å². The number of pyridine rings is 1. The first-order chi connectivity index (χ1) is 11.8. The Hall–Kier alpha value is -2.08. The Labute approximate surface area is 147 Å². The van der Waals surface area contributed by atoms with Crippen LogP contribution in [0.5, 0.6) is 0 Å². The number of fused-ring (bicyclic) bond motifs is 1. The van der Waals surface area contributed by atoms with E-state index in [0.29, 0.717) is 17.3 Å². The van der Waals surface area contributed by atoms with Crippen molar-refractivity contribution in [2.45, 2.75) is 58.1 Å². The summed E-state index contributed by atoms with van der Waals surface area (Å²) in [6, 6.07) is 1.90. The van der Waals surface area contributed by atoms with E-state index in [0.717, 1.165) is 31.1 Å². The van der Waals surface area contributed by atoms with Crippen LogP contribution in [0.25, 0.3) is 11.0 Å². The summed E-state index contributed by atoms with van der Waals surface area (Å²) in [6.07, 6.45) is 6.51. The Balaban J connectivity index is 1.89. The first kappa shape index (κ1) is 17.7. The van der Waals surface area contributed by atoms with Gasteiger partial charge in [-0.25, -0.2) is 9.78 Å². The molecule has 6 heteroatoms. The number of nitrogens with one attached hydrogen (secondary N) is 2. The molecule has 1 saturated carbocycles. The predicted octanol–water partition coefficient (Wildman–Crippen LogP) is 3.64. The van der Waals surface area contributed by atoms with Crippen LogP contribution in [0.2, 0.25) is 0 Å². The van der Waals surface area contributed by atoms with Crippen molar-refractivity contribution in [2.75, 3.05) is 5.32 Å². The number of H-pyrrole nitrogens is 1. The number of carboxylic acids is 1. The fourth-order valence-electron chi connectivity index (χ4n) is 4.24. The minimum Gasteiger partial charge on any atom is -0.478 e. The molecule has 4 atom stereocenters. The highest BCUT2D eigenvalue weighted by Crippen LogP contribution is 2.40. The lowest BCUT2D eigenvalue weighted by Crippen LogP contribution is -2.43. The molecule has 2 heterocycles. The van der Waals surface area contributed by atoms with Gasteiger partial charge >= 0.3 is 5.97 Å². The summed E-state index contributed by atoms with van der Waals surface area (Å²) in [6.45, 7) is 6.28. The van der Waals surface area contributed by atoms with Crippen LogP contribution < -0.4 is 5.32 Å². The Morgan fingerprint density at radius 3 is 2.96 bits per heavy atom. The summed E-state index contributed by atoms with van der Waals surface area (Å²) < 4.78 is 0. The van der Waals surface area contributed by atoms with Crippen LogP contribution in [0, 0.1) is 11.8 Å². The third kappa shape index (κ3) is 3.49. The molecule has 6 nitrogen and oxygen atoms in total. The van der Waals surface area contributed by atoms with Crippen LogP contribution in [0.4, 0.5) is 5.69 Å². The molecule has 25 heavy (non-hydrogen) atoms. The molecule has 1 aliphatic rings. The van der Waals surface area contributed by atoms with Gasteiger partial charge in [-0.1, -0.05) is 13.8 Å². The monoisotopic (exact) mass is 345 g/mol. The first-order valence-electron chi connectivity index (χ1n) is 9.01. The molecule has 0 saturated heterocycles. The predicted molar refractivity (Wildman–Crippen MR) is 97.9 cm³/mol. The zero-order valence-corrected chi connectivity index (χ0v) is 15.0. The number of aromatic nitrogens is 2. The molecule has 0 aliphatic heterocycles. The standard InChI is InChI=1S/C19H27N3O3/c1-4-19(25)8-11(2)7-13(9-19)12(3)22-16-14-5-6-20-17(14)21-10-15(16)18(23)24/h5-6,10-13,25H,4,7-9H2,1-3H3,(H,23,24)(H2,20,21,22)/t11?,12-,13-,19-/m0/s1. The number of anilines is 1. The zero-order chi connectivity index (χ0) is 18.2. The Morgan fingerprint density at radius 2 is 2.28 bits per heavy atom. The third-order valence-corrected chi connectivity index (χ3v) is 5.63. The second-order valence-corrected chi connectivity index (χ2v) is 7.61. The summed E-state index contributed by atoms with van der Waals surface area (Å²) in [4.78, 5) is 18.8. The molecular formula is C19H27N3O3. The van der Waals surface area contributed by atoms with Crippen molar-refractivity contribution in [1.29, 1.82) is 0 Å². The Bertz CT molecular complexity index is 772. The van der Waals surface area contributed by atoms with Crippen molar-refractivity contribution >= 4 is 22.7 Å². The van der Waals surface area contributed by atoms with Crippen molar-refractivity contribution in [2.24, 2.45) is 11.8 Å². The highest BCUT2D eigenvalue weighted by molar-refractivity contribution is 6.03. The molecule has 0 bridgehead atoms. The average molecular weight is 345 g/mol. The van der Waals surface area contributed by atoms with Crippen LogP contribution in [0.1, 0.15) is 56.8 Å². The van der Waals surface area contributed by atoms with Crippen LogP contribution in [-0.4, -0.2) is 37.8 Å². The quantitative estimate of drug-likeness (QED) is 0.663. The van der Waals surface area contributed by atoms with E-state index in [2.05, 4.69) is 29.1 Å². The molecule has 0 amide bonds. The molecule has 1 unspecified atom stereocenters. The fourth-order valence-corrected chi connectivity index (χ4v) is 4.24. The first-order valence-corrected chi connectivity index (χ1v) is 9.01. The fraction of sp³-hybridized carbons (Fsp3) is 0.579. The highest BCUT2D eigenvalue weighted by atomic mass is 16.4. The molecule has 3 rings (SSSR count). The summed E-state index contributed by atoms with van der Waals surface area (Å²) >= 11 is 0. The molecule has 1 aliphatic carbocycles.